The van der Waals surface area contributed by atoms with E-state index in [0.29, 0.717) is 54.7 Å². The molecule has 0 aliphatic carbocycles. The summed E-state index contributed by atoms with van der Waals surface area (Å²) in [6.45, 7) is 9.68. The van der Waals surface area contributed by atoms with Crippen LogP contribution in [0.4, 0.5) is 11.8 Å². The molecule has 4 atom stereocenters. The number of hydrogen-bond acceptors (Lipinski definition) is 12. The summed E-state index contributed by atoms with van der Waals surface area (Å²) < 4.78 is 14.8. The Bertz CT molecular complexity index is 1410. The number of nitrogens with zero attached hydrogens (tertiary/aromatic N) is 8. The second kappa shape index (κ2) is 10.9. The number of anilines is 2. The van der Waals surface area contributed by atoms with Gasteiger partial charge in [-0.1, -0.05) is 32.9 Å². The number of nitrogens with one attached hydrogen (secondary N) is 2. The average molecular weight is 541 g/mol. The number of imidazole rings is 2. The number of aliphatic hydroxyl groups excluding tert-OH is 2. The Labute approximate surface area is 225 Å². The quantitative estimate of drug-likeness (QED) is 0.231. The maximum Gasteiger partial charge on any atom is 0.258 e. The summed E-state index contributed by atoms with van der Waals surface area (Å²) in [5.74, 6) is 1.57. The highest BCUT2D eigenvalue weighted by Gasteiger charge is 2.47. The minimum absolute atomic E-state index is 0.112. The summed E-state index contributed by atoms with van der Waals surface area (Å²) >= 11 is 0. The highest BCUT2D eigenvalue weighted by Crippen LogP contribution is 2.39. The van der Waals surface area contributed by atoms with Crippen molar-refractivity contribution >= 4 is 22.9 Å². The summed E-state index contributed by atoms with van der Waals surface area (Å²) in [6.07, 6.45) is 2.91. The van der Waals surface area contributed by atoms with Crippen molar-refractivity contribution in [3.63, 3.8) is 0 Å². The molecule has 14 heteroatoms. The zero-order valence-corrected chi connectivity index (χ0v) is 22.9. The average Bonchev–Trinajstić information content (AvgIpc) is 3.67. The Morgan fingerprint density at radius 2 is 1.85 bits per heavy atom. The van der Waals surface area contributed by atoms with Crippen LogP contribution in [0, 0.1) is 5.41 Å². The Balaban J connectivity index is 1.42. The molecule has 1 aliphatic heterocycles. The first kappa shape index (κ1) is 27.0. The largest absolute Gasteiger partial charge is 0.387 e. The third-order valence-corrected chi connectivity index (χ3v) is 6.57. The molecule has 4 aromatic rings. The fourth-order valence-electron chi connectivity index (χ4n) is 4.38. The van der Waals surface area contributed by atoms with Crippen LogP contribution in [0.2, 0.25) is 0 Å². The van der Waals surface area contributed by atoms with Crippen LogP contribution in [0.25, 0.3) is 11.2 Å². The van der Waals surface area contributed by atoms with Gasteiger partial charge in [0.05, 0.1) is 18.3 Å². The van der Waals surface area contributed by atoms with Gasteiger partial charge in [-0.05, 0) is 11.8 Å². The first-order chi connectivity index (χ1) is 18.6. The molecule has 39 heavy (non-hydrogen) atoms. The lowest BCUT2D eigenvalue weighted by Gasteiger charge is -2.19. The molecule has 1 saturated heterocycles. The minimum atomic E-state index is -1.28. The normalized spacial score (nSPS) is 21.6. The SMILES string of the molecule is CCc1noc([C@H]2O[C@@H](n3cnc4c(NCCC(C)(C)C)nc(NCCc5cn(C)cn5)nc43)[C@H](O)[C@@H]2O)n1. The lowest BCUT2D eigenvalue weighted by molar-refractivity contribution is -0.0451. The van der Waals surface area contributed by atoms with E-state index in [4.69, 9.17) is 14.2 Å². The number of aliphatic hydroxyl groups is 2. The highest BCUT2D eigenvalue weighted by atomic mass is 16.6. The Kier molecular flexibility index (Phi) is 7.51. The lowest BCUT2D eigenvalue weighted by atomic mass is 9.92. The van der Waals surface area contributed by atoms with Gasteiger partial charge in [-0.25, -0.2) is 9.97 Å². The van der Waals surface area contributed by atoms with E-state index in [-0.39, 0.29) is 11.3 Å². The molecule has 0 unspecified atom stereocenters. The summed E-state index contributed by atoms with van der Waals surface area (Å²) in [4.78, 5) is 22.5. The van der Waals surface area contributed by atoms with E-state index < -0.39 is 24.5 Å². The van der Waals surface area contributed by atoms with Gasteiger partial charge >= 0.3 is 0 Å². The molecule has 0 aromatic carbocycles. The number of fused-ring (bicyclic) bond motifs is 1. The van der Waals surface area contributed by atoms with E-state index in [1.165, 1.54) is 6.33 Å². The molecular formula is C25H36N10O4. The third kappa shape index (κ3) is 5.87. The van der Waals surface area contributed by atoms with Gasteiger partial charge in [0.15, 0.2) is 35.1 Å². The number of ether oxygens (including phenoxy) is 1. The summed E-state index contributed by atoms with van der Waals surface area (Å²) in [7, 11) is 1.93. The monoisotopic (exact) mass is 540 g/mol. The zero-order chi connectivity index (χ0) is 27.7. The van der Waals surface area contributed by atoms with Crippen molar-refractivity contribution in [2.75, 3.05) is 23.7 Å². The van der Waals surface area contributed by atoms with Crippen molar-refractivity contribution in [3.05, 3.63) is 36.3 Å². The fraction of sp³-hybridized carbons (Fsp3) is 0.600. The highest BCUT2D eigenvalue weighted by molar-refractivity contribution is 5.84. The molecule has 0 spiro atoms. The van der Waals surface area contributed by atoms with E-state index in [0.717, 1.165) is 12.1 Å². The molecule has 0 bridgehead atoms. The molecule has 1 aliphatic rings. The smallest absolute Gasteiger partial charge is 0.258 e. The van der Waals surface area contributed by atoms with Crippen molar-refractivity contribution in [3.8, 4) is 0 Å². The molecule has 1 fully saturated rings. The molecule has 0 saturated carbocycles. The minimum Gasteiger partial charge on any atom is -0.387 e. The Hall–Kier alpha value is -3.62. The van der Waals surface area contributed by atoms with E-state index in [9.17, 15) is 10.2 Å². The molecule has 5 rings (SSSR count). The Morgan fingerprint density at radius 3 is 2.54 bits per heavy atom. The van der Waals surface area contributed by atoms with E-state index >= 15 is 0 Å². The molecule has 210 valence electrons. The van der Waals surface area contributed by atoms with Gasteiger partial charge in [-0.15, -0.1) is 0 Å². The lowest BCUT2D eigenvalue weighted by Crippen LogP contribution is -2.29. The third-order valence-electron chi connectivity index (χ3n) is 6.57. The molecule has 5 heterocycles. The number of hydrogen-bond donors (Lipinski definition) is 4. The standard InChI is InChI=1S/C25H36N10O4/c1-6-15-30-22(39-33-15)19-17(36)18(37)23(38-19)35-13-29-16-20(26-10-8-25(2,3)4)31-24(32-21(16)35)27-9-7-14-11-34(5)12-28-14/h11-13,17-19,23,36-37H,6-10H2,1-5H3,(H2,26,27,31,32)/t17-,18+,19-,23+/m0/s1. The van der Waals surface area contributed by atoms with Crippen LogP contribution in [0.3, 0.4) is 0 Å². The van der Waals surface area contributed by atoms with Gasteiger partial charge in [0.2, 0.25) is 5.95 Å². The van der Waals surface area contributed by atoms with Crippen molar-refractivity contribution in [1.82, 2.24) is 39.2 Å². The van der Waals surface area contributed by atoms with Gasteiger partial charge in [0, 0.05) is 39.2 Å². The summed E-state index contributed by atoms with van der Waals surface area (Å²) in [5.41, 5.74) is 2.07. The number of aryl methyl sites for hydroxylation is 2. The van der Waals surface area contributed by atoms with Crippen molar-refractivity contribution in [2.24, 2.45) is 12.5 Å². The topological polar surface area (TPSA) is 174 Å². The van der Waals surface area contributed by atoms with Gasteiger partial charge in [0.25, 0.3) is 5.89 Å². The molecular weight excluding hydrogens is 504 g/mol. The second-order valence-corrected chi connectivity index (χ2v) is 11.0. The fourth-order valence-corrected chi connectivity index (χ4v) is 4.38. The van der Waals surface area contributed by atoms with Gasteiger partial charge < -0.3 is 34.7 Å². The predicted molar refractivity (Wildman–Crippen MR) is 142 cm³/mol. The molecule has 0 amide bonds. The molecule has 0 radical (unpaired) electrons. The first-order valence-electron chi connectivity index (χ1n) is 13.2. The summed E-state index contributed by atoms with van der Waals surface area (Å²) in [6, 6.07) is 0. The van der Waals surface area contributed by atoms with Crippen LogP contribution in [-0.4, -0.2) is 74.7 Å². The molecule has 14 nitrogen and oxygen atoms in total. The van der Waals surface area contributed by atoms with Crippen LogP contribution in [0.15, 0.2) is 23.4 Å². The maximum atomic E-state index is 10.9. The Morgan fingerprint density at radius 1 is 1.03 bits per heavy atom. The van der Waals surface area contributed by atoms with E-state index in [1.54, 1.807) is 10.9 Å². The van der Waals surface area contributed by atoms with Gasteiger partial charge in [-0.3, -0.25) is 4.57 Å². The zero-order valence-electron chi connectivity index (χ0n) is 22.9. The molecule has 4 aromatic heterocycles. The van der Waals surface area contributed by atoms with E-state index in [1.807, 2.05) is 24.7 Å². The van der Waals surface area contributed by atoms with E-state index in [2.05, 4.69) is 56.5 Å². The summed E-state index contributed by atoms with van der Waals surface area (Å²) in [5, 5.41) is 32.2. The first-order valence-corrected chi connectivity index (χ1v) is 13.2. The van der Waals surface area contributed by atoms with Crippen LogP contribution >= 0.6 is 0 Å². The van der Waals surface area contributed by atoms with Crippen LogP contribution in [0.1, 0.15) is 63.9 Å². The molecule has 4 N–H and O–H groups in total. The van der Waals surface area contributed by atoms with Gasteiger partial charge in [0.1, 0.15) is 12.2 Å². The number of aromatic nitrogens is 8. The van der Waals surface area contributed by atoms with Crippen molar-refractivity contribution in [2.45, 2.75) is 71.5 Å². The predicted octanol–water partition coefficient (Wildman–Crippen LogP) is 2.00. The number of rotatable bonds is 10. The van der Waals surface area contributed by atoms with Crippen LogP contribution in [0.5, 0.6) is 0 Å². The van der Waals surface area contributed by atoms with Gasteiger partial charge in [-0.2, -0.15) is 15.0 Å². The van der Waals surface area contributed by atoms with Crippen LogP contribution in [-0.2, 0) is 24.6 Å². The van der Waals surface area contributed by atoms with Crippen molar-refractivity contribution < 1.29 is 19.5 Å². The van der Waals surface area contributed by atoms with Crippen molar-refractivity contribution in [1.29, 1.82) is 0 Å². The second-order valence-electron chi connectivity index (χ2n) is 11.0. The maximum absolute atomic E-state index is 10.9. The van der Waals surface area contributed by atoms with Crippen LogP contribution < -0.4 is 10.6 Å².